The molecule has 0 aliphatic carbocycles. The van der Waals surface area contributed by atoms with E-state index in [1.54, 1.807) is 6.07 Å². The van der Waals surface area contributed by atoms with E-state index in [4.69, 9.17) is 5.11 Å². The van der Waals surface area contributed by atoms with E-state index in [1.807, 2.05) is 0 Å². The zero-order valence-corrected chi connectivity index (χ0v) is 11.4. The maximum Gasteiger partial charge on any atom is 0.337 e. The number of carbonyl (C=O) groups is 1. The van der Waals surface area contributed by atoms with Gasteiger partial charge >= 0.3 is 5.97 Å². The molecule has 0 bridgehead atoms. The van der Waals surface area contributed by atoms with Crippen molar-refractivity contribution in [3.8, 4) is 0 Å². The lowest BCUT2D eigenvalue weighted by Crippen LogP contribution is -2.11. The van der Waals surface area contributed by atoms with E-state index in [0.29, 0.717) is 14.5 Å². The third kappa shape index (κ3) is 2.36. The highest BCUT2D eigenvalue weighted by molar-refractivity contribution is 9.14. The summed E-state index contributed by atoms with van der Waals surface area (Å²) in [6.45, 7) is 0. The molecule has 0 spiro atoms. The minimum atomic E-state index is -1.52. The van der Waals surface area contributed by atoms with Crippen LogP contribution in [0.1, 0.15) is 11.7 Å². The minimum Gasteiger partial charge on any atom is -0.479 e. The fourth-order valence-electron chi connectivity index (χ4n) is 0.885. The van der Waals surface area contributed by atoms with E-state index in [-0.39, 0.29) is 0 Å². The third-order valence-corrected chi connectivity index (χ3v) is 5.00. The van der Waals surface area contributed by atoms with Gasteiger partial charge in [-0.15, -0.1) is 0 Å². The molecular weight excluding hydrogens is 384 g/mol. The molecule has 1 aromatic carbocycles. The molecule has 0 saturated carbocycles. The highest BCUT2D eigenvalue weighted by Crippen LogP contribution is 2.36. The molecule has 0 amide bonds. The predicted molar refractivity (Wildman–Crippen MR) is 62.1 cm³/mol. The van der Waals surface area contributed by atoms with Crippen LogP contribution < -0.4 is 0 Å². The molecule has 1 aromatic rings. The first-order valence-electron chi connectivity index (χ1n) is 3.49. The fourth-order valence-corrected chi connectivity index (χ4v) is 2.41. The second-order valence-electron chi connectivity index (χ2n) is 2.51. The summed E-state index contributed by atoms with van der Waals surface area (Å²) in [7, 11) is 0. The second kappa shape index (κ2) is 4.74. The Morgan fingerprint density at radius 2 is 1.79 bits per heavy atom. The highest BCUT2D eigenvalue weighted by atomic mass is 79.9. The number of aliphatic hydroxyl groups is 1. The molecule has 0 aliphatic rings. The molecule has 76 valence electrons. The van der Waals surface area contributed by atoms with Gasteiger partial charge in [-0.2, -0.15) is 0 Å². The summed E-state index contributed by atoms with van der Waals surface area (Å²) in [5, 5.41) is 18.0. The van der Waals surface area contributed by atoms with Gasteiger partial charge in [-0.25, -0.2) is 4.79 Å². The van der Waals surface area contributed by atoms with Crippen LogP contribution in [0.3, 0.4) is 0 Å². The average Bonchev–Trinajstić information content (AvgIpc) is 2.13. The molecule has 1 unspecified atom stereocenters. The zero-order valence-electron chi connectivity index (χ0n) is 6.67. The first kappa shape index (κ1) is 12.2. The van der Waals surface area contributed by atoms with Gasteiger partial charge in [0.05, 0.1) is 0 Å². The number of benzene rings is 1. The van der Waals surface area contributed by atoms with E-state index in [2.05, 4.69) is 47.8 Å². The van der Waals surface area contributed by atoms with Crippen molar-refractivity contribution in [3.05, 3.63) is 31.1 Å². The Morgan fingerprint density at radius 3 is 2.29 bits per heavy atom. The summed E-state index contributed by atoms with van der Waals surface area (Å²) in [4.78, 5) is 10.6. The SMILES string of the molecule is O=C(O)C(O)c1ccc(Br)c(Br)c1Br. The monoisotopic (exact) mass is 386 g/mol. The van der Waals surface area contributed by atoms with E-state index < -0.39 is 12.1 Å². The van der Waals surface area contributed by atoms with Crippen molar-refractivity contribution >= 4 is 53.8 Å². The van der Waals surface area contributed by atoms with Gasteiger partial charge in [0, 0.05) is 19.0 Å². The van der Waals surface area contributed by atoms with E-state index in [0.717, 1.165) is 4.47 Å². The Balaban J connectivity index is 3.24. The number of hydrogen-bond donors (Lipinski definition) is 2. The quantitative estimate of drug-likeness (QED) is 0.765. The first-order chi connectivity index (χ1) is 6.45. The Hall–Kier alpha value is 0.0900. The summed E-state index contributed by atoms with van der Waals surface area (Å²) in [5.41, 5.74) is 0.313. The summed E-state index contributed by atoms with van der Waals surface area (Å²) in [5.74, 6) is -1.28. The van der Waals surface area contributed by atoms with Crippen LogP contribution in [0.2, 0.25) is 0 Å². The Labute approximate surface area is 106 Å². The fraction of sp³-hybridized carbons (Fsp3) is 0.125. The molecule has 0 aliphatic heterocycles. The Bertz CT molecular complexity index is 378. The van der Waals surface area contributed by atoms with Gasteiger partial charge in [-0.3, -0.25) is 0 Å². The number of aliphatic hydroxyl groups excluding tert-OH is 1. The smallest absolute Gasteiger partial charge is 0.337 e. The van der Waals surface area contributed by atoms with Crippen LogP contribution in [-0.2, 0) is 4.79 Å². The second-order valence-corrected chi connectivity index (χ2v) is 4.95. The van der Waals surface area contributed by atoms with Crippen LogP contribution in [0.15, 0.2) is 25.6 Å². The van der Waals surface area contributed by atoms with Crippen LogP contribution in [0.4, 0.5) is 0 Å². The predicted octanol–water partition coefficient (Wildman–Crippen LogP) is 3.09. The molecule has 1 atom stereocenters. The lowest BCUT2D eigenvalue weighted by atomic mass is 10.1. The first-order valence-corrected chi connectivity index (χ1v) is 5.87. The van der Waals surface area contributed by atoms with Crippen LogP contribution in [0, 0.1) is 0 Å². The van der Waals surface area contributed by atoms with Crippen LogP contribution in [0.5, 0.6) is 0 Å². The molecule has 0 aromatic heterocycles. The van der Waals surface area contributed by atoms with Gasteiger partial charge in [0.25, 0.3) is 0 Å². The summed E-state index contributed by atoms with van der Waals surface area (Å²) < 4.78 is 1.99. The van der Waals surface area contributed by atoms with Gasteiger partial charge in [0.1, 0.15) is 0 Å². The van der Waals surface area contributed by atoms with Crippen molar-refractivity contribution in [2.24, 2.45) is 0 Å². The largest absolute Gasteiger partial charge is 0.479 e. The van der Waals surface area contributed by atoms with Crippen molar-refractivity contribution in [3.63, 3.8) is 0 Å². The number of rotatable bonds is 2. The van der Waals surface area contributed by atoms with Gasteiger partial charge in [-0.05, 0) is 53.9 Å². The standard InChI is InChI=1S/C8H5Br3O3/c9-4-2-1-3(5(10)6(4)11)7(12)8(13)14/h1-2,7,12H,(H,13,14). The Morgan fingerprint density at radius 1 is 1.21 bits per heavy atom. The summed E-state index contributed by atoms with van der Waals surface area (Å²) in [6.07, 6.45) is -1.52. The Kier molecular flexibility index (Phi) is 4.12. The van der Waals surface area contributed by atoms with Crippen molar-refractivity contribution in [2.45, 2.75) is 6.10 Å². The molecule has 0 fully saturated rings. The van der Waals surface area contributed by atoms with Crippen molar-refractivity contribution < 1.29 is 15.0 Å². The third-order valence-electron chi connectivity index (χ3n) is 1.59. The number of aliphatic carboxylic acids is 1. The number of carboxylic acids is 1. The topological polar surface area (TPSA) is 57.5 Å². The maximum absolute atomic E-state index is 10.6. The summed E-state index contributed by atoms with van der Waals surface area (Å²) >= 11 is 9.71. The van der Waals surface area contributed by atoms with Crippen molar-refractivity contribution in [1.82, 2.24) is 0 Å². The van der Waals surface area contributed by atoms with Gasteiger partial charge in [0.15, 0.2) is 6.10 Å². The van der Waals surface area contributed by atoms with Gasteiger partial charge in [0.2, 0.25) is 0 Å². The van der Waals surface area contributed by atoms with Gasteiger partial charge < -0.3 is 10.2 Å². The molecule has 6 heteroatoms. The molecule has 0 saturated heterocycles. The number of carboxylic acid groups (broad SMARTS) is 1. The molecular formula is C8H5Br3O3. The van der Waals surface area contributed by atoms with Crippen LogP contribution in [-0.4, -0.2) is 16.2 Å². The number of hydrogen-bond acceptors (Lipinski definition) is 2. The highest BCUT2D eigenvalue weighted by Gasteiger charge is 2.20. The van der Waals surface area contributed by atoms with Crippen LogP contribution >= 0.6 is 47.8 Å². The molecule has 3 nitrogen and oxygen atoms in total. The maximum atomic E-state index is 10.6. The molecule has 14 heavy (non-hydrogen) atoms. The lowest BCUT2D eigenvalue weighted by molar-refractivity contribution is -0.147. The van der Waals surface area contributed by atoms with E-state index in [9.17, 15) is 9.90 Å². The zero-order chi connectivity index (χ0) is 10.9. The van der Waals surface area contributed by atoms with Gasteiger partial charge in [-0.1, -0.05) is 6.07 Å². The average molecular weight is 389 g/mol. The number of halogens is 3. The molecule has 0 radical (unpaired) electrons. The lowest BCUT2D eigenvalue weighted by Gasteiger charge is -2.10. The van der Waals surface area contributed by atoms with Crippen molar-refractivity contribution in [2.75, 3.05) is 0 Å². The summed E-state index contributed by atoms with van der Waals surface area (Å²) in [6, 6.07) is 3.20. The molecule has 2 N–H and O–H groups in total. The molecule has 0 heterocycles. The molecule has 1 rings (SSSR count). The normalized spacial score (nSPS) is 12.6. The van der Waals surface area contributed by atoms with Crippen molar-refractivity contribution in [1.29, 1.82) is 0 Å². The minimum absolute atomic E-state index is 0.313. The van der Waals surface area contributed by atoms with E-state index >= 15 is 0 Å². The van der Waals surface area contributed by atoms with Crippen LogP contribution in [0.25, 0.3) is 0 Å². The van der Waals surface area contributed by atoms with E-state index in [1.165, 1.54) is 6.07 Å².